The number of ether oxygens (including phenoxy) is 2. The number of nitrogens with zero attached hydrogens (tertiary/aromatic N) is 2. The van der Waals surface area contributed by atoms with E-state index in [0.717, 1.165) is 29.8 Å². The van der Waals surface area contributed by atoms with Crippen molar-refractivity contribution in [1.29, 1.82) is 0 Å². The number of fused-ring (bicyclic) bond motifs is 1. The molecule has 0 radical (unpaired) electrons. The van der Waals surface area contributed by atoms with Gasteiger partial charge < -0.3 is 14.8 Å². The lowest BCUT2D eigenvalue weighted by Gasteiger charge is -2.05. The molecular weight excluding hydrogens is 334 g/mol. The maximum absolute atomic E-state index is 12.3. The SMILES string of the molecule is CCOC(=O)c1ccc2c(c1)n(CC(=O)NCCCOC)c(C)[n+]2CC. The Hall–Kier alpha value is -2.41. The molecule has 0 aliphatic rings. The number of hydrogen-bond donors (Lipinski definition) is 1. The Balaban J connectivity index is 2.31. The number of methoxy groups -OCH3 is 1. The Morgan fingerprint density at radius 3 is 2.69 bits per heavy atom. The molecule has 7 nitrogen and oxygen atoms in total. The third kappa shape index (κ3) is 4.40. The molecule has 2 aromatic rings. The molecule has 7 heteroatoms. The van der Waals surface area contributed by atoms with Crippen LogP contribution in [0.5, 0.6) is 0 Å². The fourth-order valence-corrected chi connectivity index (χ4v) is 3.05. The second kappa shape index (κ2) is 9.33. The smallest absolute Gasteiger partial charge is 0.338 e. The second-order valence-corrected chi connectivity index (χ2v) is 6.00. The lowest BCUT2D eigenvalue weighted by atomic mass is 10.2. The van der Waals surface area contributed by atoms with Gasteiger partial charge in [0.2, 0.25) is 0 Å². The normalized spacial score (nSPS) is 10.9. The fourth-order valence-electron chi connectivity index (χ4n) is 3.05. The molecule has 1 aromatic heterocycles. The topological polar surface area (TPSA) is 73.4 Å². The minimum absolute atomic E-state index is 0.0640. The predicted octanol–water partition coefficient (Wildman–Crippen LogP) is 1.59. The summed E-state index contributed by atoms with van der Waals surface area (Å²) in [5.74, 6) is 0.549. The molecule has 0 spiro atoms. The van der Waals surface area contributed by atoms with Gasteiger partial charge in [0.05, 0.1) is 18.7 Å². The quantitative estimate of drug-likeness (QED) is 0.418. The largest absolute Gasteiger partial charge is 0.462 e. The van der Waals surface area contributed by atoms with Crippen LogP contribution in [0.3, 0.4) is 0 Å². The van der Waals surface area contributed by atoms with E-state index in [1.54, 1.807) is 26.2 Å². The van der Waals surface area contributed by atoms with Gasteiger partial charge in [-0.1, -0.05) is 0 Å². The molecule has 1 amide bonds. The van der Waals surface area contributed by atoms with E-state index in [1.807, 2.05) is 17.6 Å². The molecule has 0 bridgehead atoms. The number of imidazole rings is 1. The standard InChI is InChI=1S/C19H27N3O4/c1-5-21-14(3)22(13-18(23)20-10-7-11-25-4)17-12-15(8-9-16(17)21)19(24)26-6-2/h8-9,12H,5-7,10-11,13H2,1-4H3/p+1. The number of benzene rings is 1. The van der Waals surface area contributed by atoms with Crippen LogP contribution in [-0.2, 0) is 27.4 Å². The van der Waals surface area contributed by atoms with Crippen LogP contribution < -0.4 is 9.88 Å². The van der Waals surface area contributed by atoms with Crippen molar-refractivity contribution >= 4 is 22.9 Å². The molecule has 1 heterocycles. The number of rotatable bonds is 9. The lowest BCUT2D eigenvalue weighted by Crippen LogP contribution is -2.36. The van der Waals surface area contributed by atoms with Crippen LogP contribution in [0, 0.1) is 6.92 Å². The summed E-state index contributed by atoms with van der Waals surface area (Å²) in [5, 5.41) is 2.90. The van der Waals surface area contributed by atoms with Gasteiger partial charge in [-0.2, -0.15) is 0 Å². The molecule has 0 saturated heterocycles. The Kier molecular flexibility index (Phi) is 7.15. The molecule has 0 aliphatic heterocycles. The zero-order valence-electron chi connectivity index (χ0n) is 16.0. The van der Waals surface area contributed by atoms with Crippen LogP contribution in [-0.4, -0.2) is 43.3 Å². The zero-order chi connectivity index (χ0) is 19.1. The molecule has 0 unspecified atom stereocenters. The first-order valence-corrected chi connectivity index (χ1v) is 8.98. The molecule has 0 aliphatic carbocycles. The van der Waals surface area contributed by atoms with Crippen molar-refractivity contribution in [3.05, 3.63) is 29.6 Å². The summed E-state index contributed by atoms with van der Waals surface area (Å²) in [6.45, 7) is 8.32. The average molecular weight is 362 g/mol. The minimum atomic E-state index is -0.355. The van der Waals surface area contributed by atoms with Gasteiger partial charge >= 0.3 is 5.97 Å². The zero-order valence-corrected chi connectivity index (χ0v) is 16.0. The second-order valence-electron chi connectivity index (χ2n) is 6.00. The van der Waals surface area contributed by atoms with E-state index in [4.69, 9.17) is 9.47 Å². The summed E-state index contributed by atoms with van der Waals surface area (Å²) in [6.07, 6.45) is 0.773. The van der Waals surface area contributed by atoms with Gasteiger partial charge in [0.1, 0.15) is 0 Å². The number of carbonyl (C=O) groups excluding carboxylic acids is 2. The Labute approximate surface area is 153 Å². The van der Waals surface area contributed by atoms with Crippen molar-refractivity contribution < 1.29 is 23.6 Å². The molecule has 0 saturated carbocycles. The first-order chi connectivity index (χ1) is 12.5. The molecule has 0 atom stereocenters. The number of esters is 1. The first-order valence-electron chi connectivity index (χ1n) is 8.98. The number of nitrogens with one attached hydrogen (secondary N) is 1. The van der Waals surface area contributed by atoms with Crippen LogP contribution in [0.15, 0.2) is 18.2 Å². The van der Waals surface area contributed by atoms with Crippen LogP contribution >= 0.6 is 0 Å². The van der Waals surface area contributed by atoms with Crippen molar-refractivity contribution in [2.75, 3.05) is 26.9 Å². The molecular formula is C19H28N3O4+. The maximum Gasteiger partial charge on any atom is 0.338 e. The van der Waals surface area contributed by atoms with E-state index in [0.29, 0.717) is 25.3 Å². The first kappa shape index (κ1) is 19.9. The molecule has 1 aromatic carbocycles. The van der Waals surface area contributed by atoms with Crippen molar-refractivity contribution in [2.24, 2.45) is 0 Å². The molecule has 26 heavy (non-hydrogen) atoms. The monoisotopic (exact) mass is 362 g/mol. The summed E-state index contributed by atoms with van der Waals surface area (Å²) < 4.78 is 14.1. The highest BCUT2D eigenvalue weighted by molar-refractivity contribution is 5.93. The van der Waals surface area contributed by atoms with Gasteiger partial charge in [-0.3, -0.25) is 4.79 Å². The fraction of sp³-hybridized carbons (Fsp3) is 0.526. The van der Waals surface area contributed by atoms with Crippen molar-refractivity contribution in [3.8, 4) is 0 Å². The predicted molar refractivity (Wildman–Crippen MR) is 98.0 cm³/mol. The van der Waals surface area contributed by atoms with Gasteiger partial charge in [-0.05, 0) is 32.4 Å². The highest BCUT2D eigenvalue weighted by atomic mass is 16.5. The van der Waals surface area contributed by atoms with E-state index in [2.05, 4.69) is 16.8 Å². The van der Waals surface area contributed by atoms with Crippen LogP contribution in [0.1, 0.15) is 36.5 Å². The number of amides is 1. The van der Waals surface area contributed by atoms with Gasteiger partial charge in [0, 0.05) is 33.3 Å². The Morgan fingerprint density at radius 1 is 1.27 bits per heavy atom. The summed E-state index contributed by atoms with van der Waals surface area (Å²) in [7, 11) is 1.64. The van der Waals surface area contributed by atoms with Crippen molar-refractivity contribution in [2.45, 2.75) is 40.3 Å². The molecule has 2 rings (SSSR count). The van der Waals surface area contributed by atoms with Gasteiger partial charge in [0.15, 0.2) is 17.6 Å². The van der Waals surface area contributed by atoms with E-state index >= 15 is 0 Å². The van der Waals surface area contributed by atoms with E-state index in [1.165, 1.54) is 0 Å². The molecule has 1 N–H and O–H groups in total. The third-order valence-corrected chi connectivity index (χ3v) is 4.31. The van der Waals surface area contributed by atoms with Crippen LogP contribution in [0.4, 0.5) is 0 Å². The van der Waals surface area contributed by atoms with Gasteiger partial charge in [0.25, 0.3) is 11.7 Å². The van der Waals surface area contributed by atoms with E-state index in [9.17, 15) is 9.59 Å². The van der Waals surface area contributed by atoms with Crippen LogP contribution in [0.25, 0.3) is 11.0 Å². The van der Waals surface area contributed by atoms with Crippen LogP contribution in [0.2, 0.25) is 0 Å². The van der Waals surface area contributed by atoms with Gasteiger partial charge in [-0.25, -0.2) is 13.9 Å². The summed E-state index contributed by atoms with van der Waals surface area (Å²) in [4.78, 5) is 24.4. The van der Waals surface area contributed by atoms with Gasteiger partial charge in [-0.15, -0.1) is 0 Å². The third-order valence-electron chi connectivity index (χ3n) is 4.31. The Bertz CT molecular complexity index is 783. The minimum Gasteiger partial charge on any atom is -0.462 e. The maximum atomic E-state index is 12.3. The summed E-state index contributed by atoms with van der Waals surface area (Å²) in [5.41, 5.74) is 2.33. The highest BCUT2D eigenvalue weighted by Gasteiger charge is 2.24. The number of aromatic nitrogens is 2. The van der Waals surface area contributed by atoms with Crippen molar-refractivity contribution in [1.82, 2.24) is 9.88 Å². The number of hydrogen-bond acceptors (Lipinski definition) is 4. The summed E-state index contributed by atoms with van der Waals surface area (Å²) >= 11 is 0. The highest BCUT2D eigenvalue weighted by Crippen LogP contribution is 2.17. The van der Waals surface area contributed by atoms with E-state index < -0.39 is 0 Å². The molecule has 142 valence electrons. The van der Waals surface area contributed by atoms with E-state index in [-0.39, 0.29) is 18.4 Å². The summed E-state index contributed by atoms with van der Waals surface area (Å²) in [6, 6.07) is 5.47. The van der Waals surface area contributed by atoms with Crippen molar-refractivity contribution in [3.63, 3.8) is 0 Å². The average Bonchev–Trinajstić information content (AvgIpc) is 2.89. The molecule has 0 fully saturated rings. The lowest BCUT2D eigenvalue weighted by molar-refractivity contribution is -0.674. The Morgan fingerprint density at radius 2 is 2.04 bits per heavy atom. The number of aryl methyl sites for hydroxylation is 1. The number of carbonyl (C=O) groups is 2.